The fraction of sp³-hybridized carbons (Fsp3) is 0.375. The average Bonchev–Trinajstić information content (AvgIpc) is 3.28. The average molecular weight is 321 g/mol. The van der Waals surface area contributed by atoms with Crippen LogP contribution >= 0.6 is 12.4 Å². The van der Waals surface area contributed by atoms with E-state index in [0.29, 0.717) is 18.2 Å². The van der Waals surface area contributed by atoms with E-state index >= 15 is 0 Å². The lowest BCUT2D eigenvalue weighted by molar-refractivity contribution is 0.0945. The van der Waals surface area contributed by atoms with E-state index in [-0.39, 0.29) is 24.4 Å². The number of nitrogens with zero attached hydrogens (tertiary/aromatic N) is 2. The van der Waals surface area contributed by atoms with E-state index in [1.54, 1.807) is 10.7 Å². The van der Waals surface area contributed by atoms with Crippen LogP contribution in [-0.4, -0.2) is 28.3 Å². The Morgan fingerprint density at radius 1 is 1.41 bits per heavy atom. The summed E-state index contributed by atoms with van der Waals surface area (Å²) in [6.07, 6.45) is 2.36. The normalized spacial score (nSPS) is 15.0. The molecule has 0 spiro atoms. The van der Waals surface area contributed by atoms with Gasteiger partial charge in [-0.3, -0.25) is 4.79 Å². The molecule has 1 aromatic heterocycles. The van der Waals surface area contributed by atoms with E-state index in [9.17, 15) is 4.79 Å². The molecule has 0 aliphatic heterocycles. The second-order valence-corrected chi connectivity index (χ2v) is 5.63. The number of rotatable bonds is 5. The minimum Gasteiger partial charge on any atom is -0.349 e. The number of halogens is 1. The first-order valence-corrected chi connectivity index (χ1v) is 7.31. The number of hydrogen-bond acceptors (Lipinski definition) is 3. The molecule has 22 heavy (non-hydrogen) atoms. The minimum atomic E-state index is -0.163. The van der Waals surface area contributed by atoms with Crippen LogP contribution in [0.25, 0.3) is 5.69 Å². The molecule has 0 bridgehead atoms. The van der Waals surface area contributed by atoms with Gasteiger partial charge in [-0.2, -0.15) is 5.10 Å². The molecule has 1 unspecified atom stereocenters. The topological polar surface area (TPSA) is 72.9 Å². The quantitative estimate of drug-likeness (QED) is 0.885. The van der Waals surface area contributed by atoms with Crippen molar-refractivity contribution in [3.63, 3.8) is 0 Å². The summed E-state index contributed by atoms with van der Waals surface area (Å²) in [6, 6.07) is 11.6. The highest BCUT2D eigenvalue weighted by Gasteiger charge is 2.28. The van der Waals surface area contributed by atoms with Gasteiger partial charge in [-0.25, -0.2) is 4.68 Å². The number of para-hydroxylation sites is 1. The molecule has 1 atom stereocenters. The summed E-state index contributed by atoms with van der Waals surface area (Å²) in [5.74, 6) is 0.415. The van der Waals surface area contributed by atoms with E-state index in [1.807, 2.05) is 37.3 Å². The Balaban J connectivity index is 0.00000176. The standard InChI is InChI=1S/C16H20N4O.ClH/c1-11-9-15(16(21)18-10-14(17)12-7-8-12)19-20(11)13-5-3-2-4-6-13;/h2-6,9,12,14H,7-8,10,17H2,1H3,(H,18,21);1H. The van der Waals surface area contributed by atoms with Crippen molar-refractivity contribution in [1.82, 2.24) is 15.1 Å². The Morgan fingerprint density at radius 2 is 2.09 bits per heavy atom. The van der Waals surface area contributed by atoms with Crippen LogP contribution in [0.2, 0.25) is 0 Å². The van der Waals surface area contributed by atoms with Crippen LogP contribution in [0.1, 0.15) is 29.0 Å². The van der Waals surface area contributed by atoms with Crippen molar-refractivity contribution < 1.29 is 4.79 Å². The summed E-state index contributed by atoms with van der Waals surface area (Å²) in [7, 11) is 0. The Bertz CT molecular complexity index is 637. The third-order valence-corrected chi connectivity index (χ3v) is 3.85. The fourth-order valence-corrected chi connectivity index (χ4v) is 2.41. The van der Waals surface area contributed by atoms with E-state index < -0.39 is 0 Å². The SMILES string of the molecule is Cc1cc(C(=O)NCC(N)C2CC2)nn1-c1ccccc1.Cl. The number of nitrogens with one attached hydrogen (secondary N) is 1. The molecule has 0 saturated heterocycles. The Labute approximate surface area is 136 Å². The second kappa shape index (κ2) is 6.94. The van der Waals surface area contributed by atoms with Gasteiger partial charge in [0.15, 0.2) is 5.69 Å². The highest BCUT2D eigenvalue weighted by atomic mass is 35.5. The molecule has 1 saturated carbocycles. The lowest BCUT2D eigenvalue weighted by Crippen LogP contribution is -2.38. The Morgan fingerprint density at radius 3 is 2.73 bits per heavy atom. The van der Waals surface area contributed by atoms with Gasteiger partial charge in [-0.05, 0) is 43.9 Å². The molecule has 3 N–H and O–H groups in total. The fourth-order valence-electron chi connectivity index (χ4n) is 2.41. The van der Waals surface area contributed by atoms with Gasteiger partial charge in [-0.1, -0.05) is 18.2 Å². The van der Waals surface area contributed by atoms with E-state index in [1.165, 1.54) is 12.8 Å². The van der Waals surface area contributed by atoms with Crippen molar-refractivity contribution >= 4 is 18.3 Å². The molecule has 118 valence electrons. The van der Waals surface area contributed by atoms with Crippen molar-refractivity contribution in [3.05, 3.63) is 47.8 Å². The third kappa shape index (κ3) is 3.67. The van der Waals surface area contributed by atoms with Gasteiger partial charge >= 0.3 is 0 Å². The van der Waals surface area contributed by atoms with Crippen molar-refractivity contribution in [2.75, 3.05) is 6.54 Å². The number of nitrogens with two attached hydrogens (primary N) is 1. The molecular weight excluding hydrogens is 300 g/mol. The second-order valence-electron chi connectivity index (χ2n) is 5.63. The number of carbonyl (C=O) groups excluding carboxylic acids is 1. The van der Waals surface area contributed by atoms with Gasteiger partial charge in [0.2, 0.25) is 0 Å². The van der Waals surface area contributed by atoms with Crippen molar-refractivity contribution in [2.24, 2.45) is 11.7 Å². The molecule has 1 heterocycles. The van der Waals surface area contributed by atoms with Gasteiger partial charge in [0, 0.05) is 18.3 Å². The Hall–Kier alpha value is -1.85. The Kier molecular flexibility index (Phi) is 5.21. The molecule has 1 aliphatic rings. The maximum Gasteiger partial charge on any atom is 0.271 e. The molecule has 3 rings (SSSR count). The van der Waals surface area contributed by atoms with Crippen molar-refractivity contribution in [1.29, 1.82) is 0 Å². The highest BCUT2D eigenvalue weighted by Crippen LogP contribution is 2.31. The van der Waals surface area contributed by atoms with Crippen LogP contribution in [0, 0.1) is 12.8 Å². The van der Waals surface area contributed by atoms with Crippen LogP contribution < -0.4 is 11.1 Å². The predicted molar refractivity (Wildman–Crippen MR) is 88.6 cm³/mol. The summed E-state index contributed by atoms with van der Waals surface area (Å²) in [6.45, 7) is 2.45. The largest absolute Gasteiger partial charge is 0.349 e. The van der Waals surface area contributed by atoms with Gasteiger partial charge in [-0.15, -0.1) is 12.4 Å². The first kappa shape index (κ1) is 16.5. The number of aryl methyl sites for hydroxylation is 1. The van der Waals surface area contributed by atoms with Gasteiger partial charge in [0.05, 0.1) is 5.69 Å². The number of amides is 1. The molecule has 1 aromatic carbocycles. The van der Waals surface area contributed by atoms with Gasteiger partial charge in [0.25, 0.3) is 5.91 Å². The lowest BCUT2D eigenvalue weighted by Gasteiger charge is -2.10. The number of benzene rings is 1. The van der Waals surface area contributed by atoms with Crippen LogP contribution in [0.3, 0.4) is 0 Å². The lowest BCUT2D eigenvalue weighted by atomic mass is 10.2. The molecule has 1 aliphatic carbocycles. The maximum absolute atomic E-state index is 12.1. The van der Waals surface area contributed by atoms with E-state index in [2.05, 4.69) is 10.4 Å². The smallest absolute Gasteiger partial charge is 0.271 e. The van der Waals surface area contributed by atoms with Gasteiger partial charge < -0.3 is 11.1 Å². The summed E-state index contributed by atoms with van der Waals surface area (Å²) < 4.78 is 1.77. The first-order chi connectivity index (χ1) is 10.1. The molecule has 0 radical (unpaired) electrons. The molecule has 2 aromatic rings. The van der Waals surface area contributed by atoms with Crippen molar-refractivity contribution in [3.8, 4) is 5.69 Å². The monoisotopic (exact) mass is 320 g/mol. The number of hydrogen-bond donors (Lipinski definition) is 2. The van der Waals surface area contributed by atoms with Crippen LogP contribution in [0.4, 0.5) is 0 Å². The zero-order valence-electron chi connectivity index (χ0n) is 12.5. The van der Waals surface area contributed by atoms with Crippen LogP contribution in [-0.2, 0) is 0 Å². The third-order valence-electron chi connectivity index (χ3n) is 3.85. The summed E-state index contributed by atoms with van der Waals surface area (Å²) in [5, 5.41) is 7.25. The number of carbonyl (C=O) groups is 1. The highest BCUT2D eigenvalue weighted by molar-refractivity contribution is 5.92. The van der Waals surface area contributed by atoms with E-state index in [0.717, 1.165) is 11.4 Å². The van der Waals surface area contributed by atoms with Gasteiger partial charge in [0.1, 0.15) is 0 Å². The molecule has 1 amide bonds. The summed E-state index contributed by atoms with van der Waals surface area (Å²) in [5.41, 5.74) is 8.30. The summed E-state index contributed by atoms with van der Waals surface area (Å²) in [4.78, 5) is 12.1. The van der Waals surface area contributed by atoms with Crippen LogP contribution in [0.15, 0.2) is 36.4 Å². The zero-order chi connectivity index (χ0) is 14.8. The minimum absolute atomic E-state index is 0. The molecular formula is C16H21ClN4O. The molecule has 1 fully saturated rings. The first-order valence-electron chi connectivity index (χ1n) is 7.31. The zero-order valence-corrected chi connectivity index (χ0v) is 13.3. The van der Waals surface area contributed by atoms with Crippen molar-refractivity contribution in [2.45, 2.75) is 25.8 Å². The predicted octanol–water partition coefficient (Wildman–Crippen LogP) is 2.07. The maximum atomic E-state index is 12.1. The molecule has 5 nitrogen and oxygen atoms in total. The van der Waals surface area contributed by atoms with Crippen LogP contribution in [0.5, 0.6) is 0 Å². The summed E-state index contributed by atoms with van der Waals surface area (Å²) >= 11 is 0. The van der Waals surface area contributed by atoms with E-state index in [4.69, 9.17) is 5.73 Å². The number of aromatic nitrogens is 2. The molecule has 6 heteroatoms.